The van der Waals surface area contributed by atoms with Crippen LogP contribution < -0.4 is 4.85 Å². The molecule has 12 heavy (non-hydrogen) atoms. The SMILES string of the molecule is [O-][n+]1cc2c(Cl)cccc2cn1. The van der Waals surface area contributed by atoms with Crippen LogP contribution in [-0.2, 0) is 0 Å². The average Bonchev–Trinajstić information content (AvgIpc) is 2.07. The number of rotatable bonds is 0. The molecule has 0 N–H and O–H groups in total. The van der Waals surface area contributed by atoms with Gasteiger partial charge in [0, 0.05) is 10.5 Å². The minimum Gasteiger partial charge on any atom is -0.594 e. The molecule has 0 fully saturated rings. The molecule has 3 nitrogen and oxygen atoms in total. The van der Waals surface area contributed by atoms with Gasteiger partial charge in [-0.3, -0.25) is 0 Å². The van der Waals surface area contributed by atoms with Crippen LogP contribution in [0.4, 0.5) is 0 Å². The van der Waals surface area contributed by atoms with Gasteiger partial charge in [-0.15, -0.1) is 0 Å². The first-order chi connectivity index (χ1) is 5.77. The lowest BCUT2D eigenvalue weighted by atomic mass is 10.2. The Hall–Kier alpha value is -1.35. The van der Waals surface area contributed by atoms with Crippen LogP contribution in [0.5, 0.6) is 0 Å². The van der Waals surface area contributed by atoms with E-state index in [2.05, 4.69) is 5.10 Å². The maximum atomic E-state index is 10.8. The van der Waals surface area contributed by atoms with Gasteiger partial charge in [0.15, 0.2) is 0 Å². The summed E-state index contributed by atoms with van der Waals surface area (Å²) in [6.07, 6.45) is 2.85. The monoisotopic (exact) mass is 180 g/mol. The van der Waals surface area contributed by atoms with E-state index in [1.807, 2.05) is 12.1 Å². The fraction of sp³-hybridized carbons (Fsp3) is 0. The van der Waals surface area contributed by atoms with Crippen molar-refractivity contribution in [2.75, 3.05) is 0 Å². The zero-order valence-corrected chi connectivity index (χ0v) is 6.82. The normalized spacial score (nSPS) is 10.4. The van der Waals surface area contributed by atoms with Crippen molar-refractivity contribution in [3.05, 3.63) is 40.8 Å². The van der Waals surface area contributed by atoms with Crippen LogP contribution in [0.3, 0.4) is 0 Å². The Balaban J connectivity index is 2.88. The van der Waals surface area contributed by atoms with E-state index in [-0.39, 0.29) is 0 Å². The molecule has 0 amide bonds. The second-order valence-corrected chi connectivity index (χ2v) is 2.83. The summed E-state index contributed by atoms with van der Waals surface area (Å²) in [7, 11) is 0. The minimum atomic E-state index is 0.494. The summed E-state index contributed by atoms with van der Waals surface area (Å²) < 4.78 is 0. The highest BCUT2D eigenvalue weighted by atomic mass is 35.5. The molecule has 0 saturated carbocycles. The third-order valence-electron chi connectivity index (χ3n) is 1.64. The Morgan fingerprint density at radius 3 is 3.08 bits per heavy atom. The minimum absolute atomic E-state index is 0.494. The number of nitrogens with zero attached hydrogens (tertiary/aromatic N) is 2. The molecule has 0 bridgehead atoms. The summed E-state index contributed by atoms with van der Waals surface area (Å²) in [6, 6.07) is 5.42. The summed E-state index contributed by atoms with van der Waals surface area (Å²) in [5, 5.41) is 16.5. The number of aromatic nitrogens is 2. The Kier molecular flexibility index (Phi) is 1.59. The molecule has 1 aromatic heterocycles. The molecule has 60 valence electrons. The van der Waals surface area contributed by atoms with Crippen molar-refractivity contribution in [1.82, 2.24) is 5.10 Å². The quantitative estimate of drug-likeness (QED) is 0.456. The van der Waals surface area contributed by atoms with Gasteiger partial charge in [-0.25, -0.2) is 0 Å². The average molecular weight is 181 g/mol. The van der Waals surface area contributed by atoms with E-state index in [4.69, 9.17) is 11.6 Å². The molecular formula is C8H5ClN2O. The molecule has 1 aromatic carbocycles. The van der Waals surface area contributed by atoms with Gasteiger partial charge < -0.3 is 5.21 Å². The number of benzene rings is 1. The van der Waals surface area contributed by atoms with Crippen molar-refractivity contribution in [2.45, 2.75) is 0 Å². The second kappa shape index (κ2) is 2.60. The van der Waals surface area contributed by atoms with Gasteiger partial charge in [0.2, 0.25) is 6.20 Å². The molecule has 2 aromatic rings. The van der Waals surface area contributed by atoms with Gasteiger partial charge in [0.05, 0.1) is 10.4 Å². The first-order valence-electron chi connectivity index (χ1n) is 3.41. The lowest BCUT2D eigenvalue weighted by Gasteiger charge is -1.97. The van der Waals surface area contributed by atoms with E-state index in [0.717, 1.165) is 10.8 Å². The van der Waals surface area contributed by atoms with Crippen LogP contribution in [0.2, 0.25) is 5.02 Å². The summed E-state index contributed by atoms with van der Waals surface area (Å²) in [5.41, 5.74) is 0. The first-order valence-corrected chi connectivity index (χ1v) is 3.79. The van der Waals surface area contributed by atoms with Crippen molar-refractivity contribution < 1.29 is 4.85 Å². The van der Waals surface area contributed by atoms with Crippen molar-refractivity contribution in [1.29, 1.82) is 0 Å². The van der Waals surface area contributed by atoms with Gasteiger partial charge in [-0.2, -0.15) is 0 Å². The maximum Gasteiger partial charge on any atom is 0.219 e. The molecule has 0 spiro atoms. The number of hydrogen-bond donors (Lipinski definition) is 0. The van der Waals surface area contributed by atoms with E-state index < -0.39 is 0 Å². The van der Waals surface area contributed by atoms with E-state index in [1.165, 1.54) is 12.4 Å². The van der Waals surface area contributed by atoms with Crippen LogP contribution in [0.25, 0.3) is 10.8 Å². The lowest BCUT2D eigenvalue weighted by Crippen LogP contribution is -2.29. The van der Waals surface area contributed by atoms with Crippen molar-refractivity contribution in [3.63, 3.8) is 0 Å². The third kappa shape index (κ3) is 1.08. The zero-order chi connectivity index (χ0) is 8.55. The van der Waals surface area contributed by atoms with Crippen molar-refractivity contribution >= 4 is 22.4 Å². The summed E-state index contributed by atoms with van der Waals surface area (Å²) in [5.74, 6) is 0. The predicted octanol–water partition coefficient (Wildman–Crippen LogP) is 1.52. The second-order valence-electron chi connectivity index (χ2n) is 2.42. The Morgan fingerprint density at radius 1 is 1.42 bits per heavy atom. The van der Waals surface area contributed by atoms with Crippen molar-refractivity contribution in [2.24, 2.45) is 0 Å². The topological polar surface area (TPSA) is 39.8 Å². The fourth-order valence-corrected chi connectivity index (χ4v) is 1.30. The molecule has 4 heteroatoms. The summed E-state index contributed by atoms with van der Waals surface area (Å²) >= 11 is 5.85. The Morgan fingerprint density at radius 2 is 2.25 bits per heavy atom. The summed E-state index contributed by atoms with van der Waals surface area (Å²) in [4.78, 5) is 0.494. The molecule has 0 unspecified atom stereocenters. The molecule has 1 heterocycles. The van der Waals surface area contributed by atoms with Crippen LogP contribution >= 0.6 is 11.6 Å². The van der Waals surface area contributed by atoms with Crippen LogP contribution in [0.1, 0.15) is 0 Å². The highest BCUT2D eigenvalue weighted by molar-refractivity contribution is 6.35. The smallest absolute Gasteiger partial charge is 0.219 e. The van der Waals surface area contributed by atoms with Gasteiger partial charge in [0.1, 0.15) is 6.20 Å². The van der Waals surface area contributed by atoms with Crippen molar-refractivity contribution in [3.8, 4) is 0 Å². The van der Waals surface area contributed by atoms with Gasteiger partial charge in [-0.05, 0) is 6.07 Å². The summed E-state index contributed by atoms with van der Waals surface area (Å²) in [6.45, 7) is 0. The molecule has 0 aliphatic carbocycles. The Bertz CT molecular complexity index is 430. The standard InChI is InChI=1S/C8H5ClN2O/c9-8-3-1-2-6-4-10-11(12)5-7(6)8/h1-5H. The highest BCUT2D eigenvalue weighted by Gasteiger charge is 2.01. The fourth-order valence-electron chi connectivity index (χ4n) is 1.07. The van der Waals surface area contributed by atoms with Crippen LogP contribution in [0, 0.1) is 5.21 Å². The van der Waals surface area contributed by atoms with E-state index in [0.29, 0.717) is 9.87 Å². The predicted molar refractivity (Wildman–Crippen MR) is 45.7 cm³/mol. The third-order valence-corrected chi connectivity index (χ3v) is 1.97. The maximum absolute atomic E-state index is 10.8. The molecule has 0 radical (unpaired) electrons. The number of fused-ring (bicyclic) bond motifs is 1. The molecule has 0 aliphatic rings. The zero-order valence-electron chi connectivity index (χ0n) is 6.07. The van der Waals surface area contributed by atoms with E-state index in [9.17, 15) is 5.21 Å². The van der Waals surface area contributed by atoms with Gasteiger partial charge >= 0.3 is 0 Å². The molecule has 2 rings (SSSR count). The molecule has 0 atom stereocenters. The van der Waals surface area contributed by atoms with Gasteiger partial charge in [-0.1, -0.05) is 28.6 Å². The molecule has 0 aliphatic heterocycles. The highest BCUT2D eigenvalue weighted by Crippen LogP contribution is 2.20. The first kappa shape index (κ1) is 7.31. The van der Waals surface area contributed by atoms with Gasteiger partial charge in [0.25, 0.3) is 0 Å². The molecule has 0 saturated heterocycles. The largest absolute Gasteiger partial charge is 0.594 e. The van der Waals surface area contributed by atoms with E-state index in [1.54, 1.807) is 6.07 Å². The number of hydrogen-bond acceptors (Lipinski definition) is 2. The molecular weight excluding hydrogens is 176 g/mol. The van der Waals surface area contributed by atoms with Crippen LogP contribution in [-0.4, -0.2) is 5.10 Å². The number of halogens is 1. The Labute approximate surface area is 73.8 Å². The van der Waals surface area contributed by atoms with E-state index >= 15 is 0 Å². The lowest BCUT2D eigenvalue weighted by molar-refractivity contribution is -0.667. The van der Waals surface area contributed by atoms with Crippen LogP contribution in [0.15, 0.2) is 30.6 Å².